The molecule has 6 aromatic carbocycles. The summed E-state index contributed by atoms with van der Waals surface area (Å²) < 4.78 is 21.3. The van der Waals surface area contributed by atoms with Crippen molar-refractivity contribution in [2.45, 2.75) is 31.6 Å². The highest BCUT2D eigenvalue weighted by Crippen LogP contribution is 2.47. The highest BCUT2D eigenvalue weighted by Gasteiger charge is 2.32. The Bertz CT molecular complexity index is 4300. The minimum absolute atomic E-state index is 0. The molecule has 11 aromatic rings. The second-order valence-electron chi connectivity index (χ2n) is 20.0. The summed E-state index contributed by atoms with van der Waals surface area (Å²) in [5.74, 6) is -0.0279. The van der Waals surface area contributed by atoms with Crippen LogP contribution in [0.25, 0.3) is 55.7 Å². The molecular formula is C64H56N12O8. The highest BCUT2D eigenvalue weighted by atomic mass is 16.6. The van der Waals surface area contributed by atoms with E-state index in [0.29, 0.717) is 28.3 Å². The number of benzene rings is 6. The third-order valence-corrected chi connectivity index (χ3v) is 14.9. The number of carbonyl (C=O) groups is 3. The van der Waals surface area contributed by atoms with E-state index < -0.39 is 17.7 Å². The largest absolute Gasteiger partial charge is 0.464 e. The van der Waals surface area contributed by atoms with Crippen molar-refractivity contribution in [3.05, 3.63) is 237 Å². The molecule has 14 rings (SSSR count). The van der Waals surface area contributed by atoms with Gasteiger partial charge in [0.2, 0.25) is 5.95 Å². The summed E-state index contributed by atoms with van der Waals surface area (Å²) in [4.78, 5) is 87.7. The summed E-state index contributed by atoms with van der Waals surface area (Å²) in [6, 6.07) is 50.7. The minimum atomic E-state index is -0.684. The van der Waals surface area contributed by atoms with Gasteiger partial charge in [-0.2, -0.15) is 9.97 Å². The van der Waals surface area contributed by atoms with Crippen molar-refractivity contribution in [1.29, 1.82) is 0 Å². The third-order valence-electron chi connectivity index (χ3n) is 14.9. The number of aromatic amines is 1. The van der Waals surface area contributed by atoms with Gasteiger partial charge in [0.25, 0.3) is 5.56 Å². The van der Waals surface area contributed by atoms with Crippen LogP contribution in [0.4, 0.5) is 21.4 Å². The van der Waals surface area contributed by atoms with Crippen LogP contribution in [-0.4, -0.2) is 86.6 Å². The number of anilines is 2. The number of hydrogen-bond acceptors (Lipinski definition) is 14. The molecule has 0 spiro atoms. The molecule has 2 amide bonds. The van der Waals surface area contributed by atoms with E-state index in [4.69, 9.17) is 14.2 Å². The van der Waals surface area contributed by atoms with Crippen LogP contribution in [0.5, 0.6) is 0 Å². The fraction of sp³-hybridized carbons (Fsp3) is 0.172. The predicted molar refractivity (Wildman–Crippen MR) is 317 cm³/mol. The Morgan fingerprint density at radius 1 is 0.488 bits per heavy atom. The molecule has 0 unspecified atom stereocenters. The molecule has 0 bridgehead atoms. The number of carbonyl (C=O) groups excluding carboxylic acids is 3. The number of aryl methyl sites for hydroxylation is 3. The van der Waals surface area contributed by atoms with Crippen LogP contribution in [-0.2, 0) is 46.6 Å². The Labute approximate surface area is 480 Å². The molecule has 3 N–H and O–H groups in total. The van der Waals surface area contributed by atoms with Gasteiger partial charge < -0.3 is 27.9 Å². The molecule has 5 heterocycles. The molecule has 0 fully saturated rings. The van der Waals surface area contributed by atoms with Gasteiger partial charge in [0.05, 0.1) is 24.8 Å². The summed E-state index contributed by atoms with van der Waals surface area (Å²) >= 11 is 0. The van der Waals surface area contributed by atoms with E-state index in [-0.39, 0.29) is 74.5 Å². The monoisotopic (exact) mass is 1120 g/mol. The molecule has 3 aliphatic carbocycles. The molecule has 20 heteroatoms. The van der Waals surface area contributed by atoms with Crippen LogP contribution in [0.2, 0.25) is 0 Å². The number of aromatic nitrogens is 10. The predicted octanol–water partition coefficient (Wildman–Crippen LogP) is 10.1. The standard InChI is InChI=1S/C21H17N5O3.C21H17N5O2.C21H18N2O3.CH4/c1-26-11-22-17-18(26)23-20(24-19(17)27)25-21(28)29-10-16-14-8-4-2-6-12(14)13-7-3-5-9-15(13)16;1-26-12-24-18-19(22-11-23-20(18)26)25-21(27)28-10-17-15-8-4-2-6-13(15)14-7-3-5-9-16(14)17;1-23-11-10-14(22-21(23)25)12-20(24)26-13-19-17-8-4-2-6-15(17)16-7-3-5-9-18(16)19;/h2-9,11,16H,10H2,1H3,(H2,23,24,25,27,28);2-9,11-12,17H,10H2,1H3,(H,22,23,25,27);2-11,19H,12-13H2,1H3;1H4. The Morgan fingerprint density at radius 3 is 1.37 bits per heavy atom. The van der Waals surface area contributed by atoms with E-state index in [9.17, 15) is 24.0 Å². The molecule has 20 nitrogen and oxygen atoms in total. The fourth-order valence-corrected chi connectivity index (χ4v) is 11.0. The van der Waals surface area contributed by atoms with Crippen LogP contribution < -0.4 is 21.9 Å². The van der Waals surface area contributed by atoms with Gasteiger partial charge in [-0.05, 0) is 72.8 Å². The van der Waals surface area contributed by atoms with Gasteiger partial charge in [-0.1, -0.05) is 153 Å². The van der Waals surface area contributed by atoms with Crippen molar-refractivity contribution in [3.63, 3.8) is 0 Å². The van der Waals surface area contributed by atoms with Crippen molar-refractivity contribution < 1.29 is 28.6 Å². The van der Waals surface area contributed by atoms with E-state index >= 15 is 0 Å². The third kappa shape index (κ3) is 10.9. The molecule has 0 aliphatic heterocycles. The summed E-state index contributed by atoms with van der Waals surface area (Å²) in [5, 5.41) is 5.18. The van der Waals surface area contributed by atoms with Crippen LogP contribution in [0.15, 0.2) is 186 Å². The lowest BCUT2D eigenvalue weighted by molar-refractivity contribution is -0.143. The molecule has 0 saturated carbocycles. The number of imidazole rings is 2. The zero-order valence-electron chi connectivity index (χ0n) is 45.1. The van der Waals surface area contributed by atoms with E-state index in [1.165, 1.54) is 61.7 Å². The zero-order valence-corrected chi connectivity index (χ0v) is 45.1. The van der Waals surface area contributed by atoms with Crippen LogP contribution >= 0.6 is 0 Å². The second-order valence-corrected chi connectivity index (χ2v) is 20.0. The molecule has 84 heavy (non-hydrogen) atoms. The Hall–Kier alpha value is -10.9. The molecule has 0 saturated heterocycles. The smallest absolute Gasteiger partial charge is 0.414 e. The summed E-state index contributed by atoms with van der Waals surface area (Å²) in [6.45, 7) is 0.700. The van der Waals surface area contributed by atoms with Crippen molar-refractivity contribution in [2.24, 2.45) is 21.1 Å². The molecular weight excluding hydrogens is 1060 g/mol. The molecule has 420 valence electrons. The van der Waals surface area contributed by atoms with Gasteiger partial charge in [0, 0.05) is 45.1 Å². The van der Waals surface area contributed by atoms with Gasteiger partial charge in [0.1, 0.15) is 26.1 Å². The average molecular weight is 1120 g/mol. The highest BCUT2D eigenvalue weighted by molar-refractivity contribution is 5.93. The zero-order chi connectivity index (χ0) is 57.1. The second kappa shape index (κ2) is 23.7. The van der Waals surface area contributed by atoms with Crippen molar-refractivity contribution in [3.8, 4) is 33.4 Å². The first-order chi connectivity index (χ1) is 40.5. The van der Waals surface area contributed by atoms with E-state index in [0.717, 1.165) is 22.3 Å². The van der Waals surface area contributed by atoms with Gasteiger partial charge in [-0.15, -0.1) is 0 Å². The van der Waals surface area contributed by atoms with Crippen LogP contribution in [0.3, 0.4) is 0 Å². The number of nitrogens with one attached hydrogen (secondary N) is 3. The number of hydrogen-bond donors (Lipinski definition) is 3. The number of nitrogens with zero attached hydrogens (tertiary/aromatic N) is 9. The lowest BCUT2D eigenvalue weighted by Crippen LogP contribution is -2.22. The number of ether oxygens (including phenoxy) is 3. The summed E-state index contributed by atoms with van der Waals surface area (Å²) in [5.41, 5.74) is 15.4. The fourth-order valence-electron chi connectivity index (χ4n) is 11.0. The number of fused-ring (bicyclic) bond motifs is 11. The van der Waals surface area contributed by atoms with Crippen molar-refractivity contribution in [2.75, 3.05) is 30.5 Å². The average Bonchev–Trinajstić information content (AvgIpc) is 2.97. The molecule has 0 radical (unpaired) electrons. The quantitative estimate of drug-likeness (QED) is 0.0852. The first-order valence-electron chi connectivity index (χ1n) is 26.6. The van der Waals surface area contributed by atoms with Crippen molar-refractivity contribution >= 4 is 52.2 Å². The Kier molecular flexibility index (Phi) is 15.5. The van der Waals surface area contributed by atoms with Crippen molar-refractivity contribution in [1.82, 2.24) is 48.6 Å². The van der Waals surface area contributed by atoms with E-state index in [2.05, 4.69) is 118 Å². The molecule has 5 aromatic heterocycles. The van der Waals surface area contributed by atoms with Gasteiger partial charge in [-0.3, -0.25) is 25.2 Å². The van der Waals surface area contributed by atoms with Crippen LogP contribution in [0, 0.1) is 0 Å². The Balaban J connectivity index is 0.000000131. The van der Waals surface area contributed by atoms with Gasteiger partial charge in [0.15, 0.2) is 28.1 Å². The lowest BCUT2D eigenvalue weighted by atomic mass is 9.98. The lowest BCUT2D eigenvalue weighted by Gasteiger charge is -2.14. The maximum Gasteiger partial charge on any atom is 0.414 e. The Morgan fingerprint density at radius 2 is 0.905 bits per heavy atom. The van der Waals surface area contributed by atoms with E-state index in [1.54, 1.807) is 41.8 Å². The van der Waals surface area contributed by atoms with E-state index in [1.807, 2.05) is 79.8 Å². The number of esters is 1. The number of H-pyrrole nitrogens is 1. The maximum absolute atomic E-state index is 12.4. The summed E-state index contributed by atoms with van der Waals surface area (Å²) in [6.07, 6.45) is 4.85. The summed E-state index contributed by atoms with van der Waals surface area (Å²) in [7, 11) is 5.17. The number of rotatable bonds is 10. The number of amides is 2. The first kappa shape index (κ1) is 55.0. The SMILES string of the molecule is C.Cn1ccc(CC(=O)OCC2c3ccccc3-c3ccccc32)nc1=O.Cn1cnc2c(=O)[nH]c(NC(=O)OCC3c4ccccc4-c4ccccc43)nc21.Cn1cnc2c(NC(=O)OCC3c4ccccc4-c4ccccc43)ncnc21. The van der Waals surface area contributed by atoms with Crippen LogP contribution in [0.1, 0.15) is 64.3 Å². The van der Waals surface area contributed by atoms with Gasteiger partial charge in [-0.25, -0.2) is 34.3 Å². The first-order valence-corrected chi connectivity index (χ1v) is 26.6. The van der Waals surface area contributed by atoms with Gasteiger partial charge >= 0.3 is 23.8 Å². The normalized spacial score (nSPS) is 12.4. The molecule has 0 atom stereocenters. The molecule has 3 aliphatic rings. The topological polar surface area (TPSA) is 245 Å². The minimum Gasteiger partial charge on any atom is -0.464 e. The maximum atomic E-state index is 12.4.